The molecule has 0 amide bonds. The predicted molar refractivity (Wildman–Crippen MR) is 115 cm³/mol. The van der Waals surface area contributed by atoms with Crippen LogP contribution in [0.5, 0.6) is 5.75 Å². The first-order valence-electron chi connectivity index (χ1n) is 11.4. The van der Waals surface area contributed by atoms with Crippen LogP contribution in [0.15, 0.2) is 30.9 Å². The molecule has 0 radical (unpaired) electrons. The molecular weight excluding hydrogens is 385 g/mol. The molecule has 2 saturated carbocycles. The van der Waals surface area contributed by atoms with Crippen LogP contribution in [0.1, 0.15) is 69.8 Å². The van der Waals surface area contributed by atoms with Crippen molar-refractivity contribution < 1.29 is 17.9 Å². The van der Waals surface area contributed by atoms with Gasteiger partial charge in [-0.05, 0) is 78.9 Å². The van der Waals surface area contributed by atoms with Gasteiger partial charge in [-0.15, -0.1) is 0 Å². The number of hydrogen-bond donors (Lipinski definition) is 0. The number of halogens is 3. The van der Waals surface area contributed by atoms with Gasteiger partial charge in [-0.25, -0.2) is 13.2 Å². The highest BCUT2D eigenvalue weighted by Crippen LogP contribution is 2.49. The molecule has 0 saturated heterocycles. The second kappa shape index (κ2) is 9.03. The maximum Gasteiger partial charge on any atom is 0.175 e. The Balaban J connectivity index is 1.59. The summed E-state index contributed by atoms with van der Waals surface area (Å²) >= 11 is 0. The fourth-order valence-corrected chi connectivity index (χ4v) is 5.88. The van der Waals surface area contributed by atoms with Crippen molar-refractivity contribution in [3.8, 4) is 5.75 Å². The number of benzene rings is 2. The second-order valence-electron chi connectivity index (χ2n) is 9.17. The lowest BCUT2D eigenvalue weighted by Crippen LogP contribution is -2.30. The molecular formula is C26H31F3O. The number of rotatable bonds is 6. The van der Waals surface area contributed by atoms with E-state index in [0.29, 0.717) is 16.9 Å². The van der Waals surface area contributed by atoms with Crippen molar-refractivity contribution in [3.05, 3.63) is 53.9 Å². The van der Waals surface area contributed by atoms with Gasteiger partial charge in [0.05, 0.1) is 5.39 Å². The molecule has 0 spiro atoms. The summed E-state index contributed by atoms with van der Waals surface area (Å²) in [6.07, 6.45) is 10.6. The Kier molecular flexibility index (Phi) is 6.40. The molecule has 4 heteroatoms. The Morgan fingerprint density at radius 2 is 1.77 bits per heavy atom. The van der Waals surface area contributed by atoms with E-state index in [1.165, 1.54) is 44.2 Å². The van der Waals surface area contributed by atoms with Crippen LogP contribution in [0.3, 0.4) is 0 Å². The van der Waals surface area contributed by atoms with E-state index in [4.69, 9.17) is 4.74 Å². The normalized spacial score (nSPS) is 26.4. The molecule has 4 rings (SSSR count). The highest BCUT2D eigenvalue weighted by atomic mass is 19.2. The molecule has 2 aromatic carbocycles. The van der Waals surface area contributed by atoms with E-state index in [1.807, 2.05) is 0 Å². The van der Waals surface area contributed by atoms with Crippen LogP contribution in [0.25, 0.3) is 10.8 Å². The van der Waals surface area contributed by atoms with Gasteiger partial charge in [0.25, 0.3) is 0 Å². The van der Waals surface area contributed by atoms with Crippen molar-refractivity contribution >= 4 is 10.8 Å². The minimum atomic E-state index is -1.10. The SMILES string of the molecule is C=CCOc1ccc2cc([C@@H]3CC[C@@H]4CC(CCC)CCC4C3)c(F)c(F)c2c1F. The smallest absolute Gasteiger partial charge is 0.175 e. The van der Waals surface area contributed by atoms with Gasteiger partial charge in [-0.3, -0.25) is 0 Å². The van der Waals surface area contributed by atoms with Gasteiger partial charge in [-0.1, -0.05) is 44.9 Å². The molecule has 2 aliphatic rings. The van der Waals surface area contributed by atoms with Crippen LogP contribution in [0.4, 0.5) is 13.2 Å². The molecule has 1 nitrogen and oxygen atoms in total. The zero-order chi connectivity index (χ0) is 21.3. The Labute approximate surface area is 177 Å². The lowest BCUT2D eigenvalue weighted by Gasteiger charge is -2.42. The molecule has 162 valence electrons. The summed E-state index contributed by atoms with van der Waals surface area (Å²) in [6.45, 7) is 5.88. The van der Waals surface area contributed by atoms with E-state index >= 15 is 4.39 Å². The summed E-state index contributed by atoms with van der Waals surface area (Å²) in [6, 6.07) is 4.75. The van der Waals surface area contributed by atoms with Gasteiger partial charge in [0, 0.05) is 0 Å². The monoisotopic (exact) mass is 416 g/mol. The van der Waals surface area contributed by atoms with Crippen LogP contribution in [-0.4, -0.2) is 6.61 Å². The van der Waals surface area contributed by atoms with Gasteiger partial charge in [0.2, 0.25) is 0 Å². The summed E-state index contributed by atoms with van der Waals surface area (Å²) in [5.41, 5.74) is 0.410. The fourth-order valence-electron chi connectivity index (χ4n) is 5.88. The number of ether oxygens (including phenoxy) is 1. The summed E-state index contributed by atoms with van der Waals surface area (Å²) in [5, 5.41) is 0.0627. The Morgan fingerprint density at radius 3 is 2.53 bits per heavy atom. The number of fused-ring (bicyclic) bond motifs is 2. The van der Waals surface area contributed by atoms with Crippen LogP contribution in [-0.2, 0) is 0 Å². The molecule has 0 N–H and O–H groups in total. The highest BCUT2D eigenvalue weighted by molar-refractivity contribution is 5.86. The average molecular weight is 417 g/mol. The largest absolute Gasteiger partial charge is 0.486 e. The molecule has 2 unspecified atom stereocenters. The first-order chi connectivity index (χ1) is 14.5. The minimum Gasteiger partial charge on any atom is -0.486 e. The quantitative estimate of drug-likeness (QED) is 0.435. The van der Waals surface area contributed by atoms with Crippen molar-refractivity contribution in [1.29, 1.82) is 0 Å². The Bertz CT molecular complexity index is 922. The van der Waals surface area contributed by atoms with E-state index in [0.717, 1.165) is 31.1 Å². The van der Waals surface area contributed by atoms with Crippen LogP contribution in [0, 0.1) is 35.2 Å². The summed E-state index contributed by atoms with van der Waals surface area (Å²) < 4.78 is 50.0. The molecule has 0 aliphatic heterocycles. The highest BCUT2D eigenvalue weighted by Gasteiger charge is 2.37. The third-order valence-corrected chi connectivity index (χ3v) is 7.33. The zero-order valence-corrected chi connectivity index (χ0v) is 17.7. The lowest BCUT2D eigenvalue weighted by atomic mass is 9.63. The van der Waals surface area contributed by atoms with E-state index in [9.17, 15) is 8.78 Å². The molecule has 2 aliphatic carbocycles. The predicted octanol–water partition coefficient (Wildman–Crippen LogP) is 7.92. The van der Waals surface area contributed by atoms with Gasteiger partial charge in [0.1, 0.15) is 6.61 Å². The fraction of sp³-hybridized carbons (Fsp3) is 0.538. The van der Waals surface area contributed by atoms with Crippen molar-refractivity contribution in [2.75, 3.05) is 6.61 Å². The second-order valence-corrected chi connectivity index (χ2v) is 9.17. The maximum atomic E-state index is 15.1. The molecule has 0 heterocycles. The zero-order valence-electron chi connectivity index (χ0n) is 17.7. The topological polar surface area (TPSA) is 9.23 Å². The number of hydrogen-bond acceptors (Lipinski definition) is 1. The standard InChI is InChI=1S/C26H31F3O/c1-3-5-16-6-7-18-14-19(9-8-17(18)13-16)21-15-20-10-11-22(30-12-4-2)25(28)23(20)26(29)24(21)27/h4,10-11,15-19H,2-3,5-9,12-14H2,1H3/t16?,17-,18?,19-/m1/s1. The first-order valence-corrected chi connectivity index (χ1v) is 11.4. The van der Waals surface area contributed by atoms with Gasteiger partial charge < -0.3 is 4.74 Å². The molecule has 30 heavy (non-hydrogen) atoms. The Morgan fingerprint density at radius 1 is 1.00 bits per heavy atom. The minimum absolute atomic E-state index is 0.00706. The van der Waals surface area contributed by atoms with Crippen molar-refractivity contribution in [1.82, 2.24) is 0 Å². The van der Waals surface area contributed by atoms with Crippen LogP contribution in [0.2, 0.25) is 0 Å². The Hall–Kier alpha value is -1.97. The molecule has 2 fully saturated rings. The summed E-state index contributed by atoms with van der Waals surface area (Å²) in [7, 11) is 0. The first kappa shape index (κ1) is 21.3. The molecule has 0 bridgehead atoms. The van der Waals surface area contributed by atoms with E-state index < -0.39 is 17.5 Å². The molecule has 0 aromatic heterocycles. The van der Waals surface area contributed by atoms with Crippen molar-refractivity contribution in [2.24, 2.45) is 17.8 Å². The van der Waals surface area contributed by atoms with Crippen molar-refractivity contribution in [3.63, 3.8) is 0 Å². The van der Waals surface area contributed by atoms with E-state index in [1.54, 1.807) is 12.1 Å². The summed E-state index contributed by atoms with van der Waals surface area (Å²) in [5.74, 6) is -0.768. The van der Waals surface area contributed by atoms with E-state index in [-0.39, 0.29) is 23.7 Å². The van der Waals surface area contributed by atoms with Crippen LogP contribution < -0.4 is 4.74 Å². The van der Waals surface area contributed by atoms with E-state index in [2.05, 4.69) is 13.5 Å². The molecule has 2 aromatic rings. The maximum absolute atomic E-state index is 15.1. The van der Waals surface area contributed by atoms with Crippen molar-refractivity contribution in [2.45, 2.75) is 64.2 Å². The van der Waals surface area contributed by atoms with Gasteiger partial charge >= 0.3 is 0 Å². The average Bonchev–Trinajstić information content (AvgIpc) is 2.75. The lowest BCUT2D eigenvalue weighted by molar-refractivity contribution is 0.113. The van der Waals surface area contributed by atoms with Gasteiger partial charge in [-0.2, -0.15) is 0 Å². The van der Waals surface area contributed by atoms with Gasteiger partial charge in [0.15, 0.2) is 23.2 Å². The third kappa shape index (κ3) is 3.98. The third-order valence-electron chi connectivity index (χ3n) is 7.33. The van der Waals surface area contributed by atoms with Crippen LogP contribution >= 0.6 is 0 Å². The molecule has 4 atom stereocenters. The summed E-state index contributed by atoms with van der Waals surface area (Å²) in [4.78, 5) is 0.